The van der Waals surface area contributed by atoms with E-state index in [1.165, 1.54) is 6.07 Å². The minimum atomic E-state index is -4.58. The summed E-state index contributed by atoms with van der Waals surface area (Å²) in [7, 11) is 0. The Morgan fingerprint density at radius 2 is 1.79 bits per heavy atom. The molecule has 1 aliphatic rings. The van der Waals surface area contributed by atoms with Gasteiger partial charge in [0.2, 0.25) is 0 Å². The maximum Gasteiger partial charge on any atom is 0.433 e. The number of nitro groups is 1. The molecule has 0 atom stereocenters. The highest BCUT2D eigenvalue weighted by atomic mass is 32.2. The SMILES string of the molecule is CC(C)(C)c1ccc(Sc2nc3c(c(C(F)(F)F)n2)CCCC3)c([N+](=O)[O-])c1. The number of nitro benzene ring substituents is 1. The molecule has 1 heterocycles. The highest BCUT2D eigenvalue weighted by Crippen LogP contribution is 2.40. The quantitative estimate of drug-likeness (QED) is 0.366. The number of halogens is 3. The van der Waals surface area contributed by atoms with Crippen molar-refractivity contribution < 1.29 is 18.1 Å². The second-order valence-corrected chi connectivity index (χ2v) is 8.79. The zero-order chi connectivity index (χ0) is 20.7. The molecular weight excluding hydrogens is 391 g/mol. The minimum Gasteiger partial charge on any atom is -0.258 e. The Kier molecular flexibility index (Phi) is 5.40. The predicted octanol–water partition coefficient (Wildman–Crippen LogP) is 5.73. The molecule has 0 fully saturated rings. The summed E-state index contributed by atoms with van der Waals surface area (Å²) in [4.78, 5) is 19.2. The molecule has 0 radical (unpaired) electrons. The molecule has 1 aliphatic carbocycles. The molecule has 0 aliphatic heterocycles. The van der Waals surface area contributed by atoms with Gasteiger partial charge in [-0.1, -0.05) is 26.8 Å². The van der Waals surface area contributed by atoms with Crippen LogP contribution in [-0.4, -0.2) is 14.9 Å². The fourth-order valence-corrected chi connectivity index (χ4v) is 4.03. The van der Waals surface area contributed by atoms with Crippen LogP contribution in [0.4, 0.5) is 18.9 Å². The van der Waals surface area contributed by atoms with E-state index in [9.17, 15) is 23.3 Å². The van der Waals surface area contributed by atoms with Gasteiger partial charge in [-0.3, -0.25) is 10.1 Å². The third-order valence-corrected chi connectivity index (χ3v) is 5.58. The molecule has 0 bridgehead atoms. The van der Waals surface area contributed by atoms with Crippen molar-refractivity contribution in [2.75, 3.05) is 0 Å². The number of benzene rings is 1. The lowest BCUT2D eigenvalue weighted by Crippen LogP contribution is -2.19. The van der Waals surface area contributed by atoms with Crippen LogP contribution in [0, 0.1) is 10.1 Å². The third kappa shape index (κ3) is 4.29. The molecular formula is C19H20F3N3O2S. The highest BCUT2D eigenvalue weighted by Gasteiger charge is 2.38. The largest absolute Gasteiger partial charge is 0.433 e. The monoisotopic (exact) mass is 411 g/mol. The van der Waals surface area contributed by atoms with E-state index in [4.69, 9.17) is 0 Å². The molecule has 1 aromatic carbocycles. The van der Waals surface area contributed by atoms with Crippen LogP contribution in [0.3, 0.4) is 0 Å². The Morgan fingerprint density at radius 3 is 2.39 bits per heavy atom. The van der Waals surface area contributed by atoms with Crippen LogP contribution in [0.25, 0.3) is 0 Å². The number of alkyl halides is 3. The van der Waals surface area contributed by atoms with Crippen LogP contribution >= 0.6 is 11.8 Å². The van der Waals surface area contributed by atoms with Crippen LogP contribution < -0.4 is 0 Å². The maximum absolute atomic E-state index is 13.5. The van der Waals surface area contributed by atoms with E-state index in [1.54, 1.807) is 12.1 Å². The number of rotatable bonds is 3. The third-order valence-electron chi connectivity index (χ3n) is 4.65. The summed E-state index contributed by atoms with van der Waals surface area (Å²) >= 11 is 0.801. The summed E-state index contributed by atoms with van der Waals surface area (Å²) in [5, 5.41) is 11.4. The van der Waals surface area contributed by atoms with Crippen LogP contribution in [-0.2, 0) is 24.4 Å². The number of aromatic nitrogens is 2. The van der Waals surface area contributed by atoms with Crippen molar-refractivity contribution in [1.82, 2.24) is 9.97 Å². The molecule has 0 spiro atoms. The Morgan fingerprint density at radius 1 is 1.11 bits per heavy atom. The van der Waals surface area contributed by atoms with Gasteiger partial charge in [0.15, 0.2) is 10.9 Å². The summed E-state index contributed by atoms with van der Waals surface area (Å²) in [5.41, 5.74) is -0.0581. The van der Waals surface area contributed by atoms with E-state index in [2.05, 4.69) is 9.97 Å². The van der Waals surface area contributed by atoms with E-state index in [-0.39, 0.29) is 26.7 Å². The van der Waals surface area contributed by atoms with Crippen molar-refractivity contribution in [3.63, 3.8) is 0 Å². The Balaban J connectivity index is 2.06. The zero-order valence-electron chi connectivity index (χ0n) is 15.8. The van der Waals surface area contributed by atoms with Crippen LogP contribution in [0.5, 0.6) is 0 Å². The van der Waals surface area contributed by atoms with Gasteiger partial charge in [-0.05, 0) is 54.5 Å². The topological polar surface area (TPSA) is 68.9 Å². The first-order chi connectivity index (χ1) is 13.0. The number of hydrogen-bond donors (Lipinski definition) is 0. The summed E-state index contributed by atoms with van der Waals surface area (Å²) in [6.07, 6.45) is -2.38. The molecule has 9 heteroatoms. The minimum absolute atomic E-state index is 0.111. The molecule has 2 aromatic rings. The van der Waals surface area contributed by atoms with E-state index in [0.717, 1.165) is 23.7 Å². The standard InChI is InChI=1S/C19H20F3N3O2S/c1-18(2,3)11-8-9-15(14(10-11)25(26)27)28-17-23-13-7-5-4-6-12(13)16(24-17)19(20,21)22/h8-10H,4-7H2,1-3H3. The second-order valence-electron chi connectivity index (χ2n) is 7.78. The molecule has 0 N–H and O–H groups in total. The smallest absolute Gasteiger partial charge is 0.258 e. The summed E-state index contributed by atoms with van der Waals surface area (Å²) in [5.74, 6) is 0. The van der Waals surface area contributed by atoms with Crippen molar-refractivity contribution >= 4 is 17.4 Å². The van der Waals surface area contributed by atoms with Crippen molar-refractivity contribution in [2.24, 2.45) is 0 Å². The van der Waals surface area contributed by atoms with Gasteiger partial charge in [-0.2, -0.15) is 13.2 Å². The molecule has 3 rings (SSSR count). The van der Waals surface area contributed by atoms with Crippen molar-refractivity contribution in [1.29, 1.82) is 0 Å². The fraction of sp³-hybridized carbons (Fsp3) is 0.474. The first-order valence-corrected chi connectivity index (χ1v) is 9.72. The molecule has 0 unspecified atom stereocenters. The van der Waals surface area contributed by atoms with Gasteiger partial charge >= 0.3 is 6.18 Å². The lowest BCUT2D eigenvalue weighted by atomic mass is 9.87. The first-order valence-electron chi connectivity index (χ1n) is 8.90. The van der Waals surface area contributed by atoms with Crippen LogP contribution in [0.2, 0.25) is 0 Å². The predicted molar refractivity (Wildman–Crippen MR) is 99.6 cm³/mol. The van der Waals surface area contributed by atoms with Gasteiger partial charge in [0, 0.05) is 17.3 Å². The normalized spacial score (nSPS) is 14.6. The highest BCUT2D eigenvalue weighted by molar-refractivity contribution is 7.99. The fourth-order valence-electron chi connectivity index (χ4n) is 3.16. The first kappa shape index (κ1) is 20.6. The van der Waals surface area contributed by atoms with E-state index in [0.29, 0.717) is 25.0 Å². The van der Waals surface area contributed by atoms with Gasteiger partial charge < -0.3 is 0 Å². The van der Waals surface area contributed by atoms with Crippen molar-refractivity contribution in [3.8, 4) is 0 Å². The maximum atomic E-state index is 13.5. The van der Waals surface area contributed by atoms with Crippen molar-refractivity contribution in [3.05, 3.63) is 50.8 Å². The van der Waals surface area contributed by atoms with E-state index < -0.39 is 16.8 Å². The van der Waals surface area contributed by atoms with Crippen LogP contribution in [0.1, 0.15) is 56.1 Å². The molecule has 0 saturated heterocycles. The second kappa shape index (κ2) is 7.35. The molecule has 0 saturated carbocycles. The van der Waals surface area contributed by atoms with Gasteiger partial charge in [0.25, 0.3) is 5.69 Å². The summed E-state index contributed by atoms with van der Waals surface area (Å²) in [6, 6.07) is 4.77. The summed E-state index contributed by atoms with van der Waals surface area (Å²) in [6.45, 7) is 5.79. The number of hydrogen-bond acceptors (Lipinski definition) is 5. The van der Waals surface area contributed by atoms with Gasteiger partial charge in [0.1, 0.15) is 0 Å². The van der Waals surface area contributed by atoms with Gasteiger partial charge in [-0.15, -0.1) is 0 Å². The lowest BCUT2D eigenvalue weighted by Gasteiger charge is -2.20. The number of fused-ring (bicyclic) bond motifs is 1. The zero-order valence-corrected chi connectivity index (χ0v) is 16.6. The molecule has 5 nitrogen and oxygen atoms in total. The van der Waals surface area contributed by atoms with Crippen LogP contribution in [0.15, 0.2) is 28.3 Å². The Bertz CT molecular complexity index is 924. The average Bonchev–Trinajstić information content (AvgIpc) is 2.59. The number of nitrogens with zero attached hydrogens (tertiary/aromatic N) is 3. The van der Waals surface area contributed by atoms with E-state index in [1.807, 2.05) is 20.8 Å². The summed E-state index contributed by atoms with van der Waals surface area (Å²) < 4.78 is 40.4. The molecule has 0 amide bonds. The molecule has 1 aromatic heterocycles. The molecule has 28 heavy (non-hydrogen) atoms. The molecule has 150 valence electrons. The lowest BCUT2D eigenvalue weighted by molar-refractivity contribution is -0.387. The Hall–Kier alpha value is -2.16. The van der Waals surface area contributed by atoms with Gasteiger partial charge in [0.05, 0.1) is 9.82 Å². The van der Waals surface area contributed by atoms with Gasteiger partial charge in [-0.25, -0.2) is 9.97 Å². The Labute approximate surface area is 164 Å². The van der Waals surface area contributed by atoms with Crippen molar-refractivity contribution in [2.45, 2.75) is 68.1 Å². The van der Waals surface area contributed by atoms with E-state index >= 15 is 0 Å². The average molecular weight is 411 g/mol. The number of aryl methyl sites for hydroxylation is 1.